The number of nitrogens with zero attached hydrogens (tertiary/aromatic N) is 3. The van der Waals surface area contributed by atoms with Crippen LogP contribution in [0, 0.1) is 0 Å². The molecule has 0 aliphatic carbocycles. The van der Waals surface area contributed by atoms with Crippen molar-refractivity contribution in [1.82, 2.24) is 15.1 Å². The molecular weight excluding hydrogens is 476 g/mol. The van der Waals surface area contributed by atoms with E-state index in [1.165, 1.54) is 11.9 Å². The number of nitrogens with one attached hydrogen (secondary N) is 1. The Bertz CT molecular complexity index is 556. The Morgan fingerprint density at radius 1 is 1.11 bits per heavy atom. The van der Waals surface area contributed by atoms with Gasteiger partial charge in [-0.05, 0) is 31.3 Å². The number of likely N-dealkylation sites (N-methyl/N-ethyl adjacent to an activating group) is 2. The number of guanidine groups is 1. The Morgan fingerprint density at radius 2 is 1.70 bits per heavy atom. The minimum Gasteiger partial charge on any atom is -0.497 e. The topological polar surface area (TPSA) is 49.3 Å². The number of ether oxygens (including phenoxy) is 2. The van der Waals surface area contributed by atoms with Crippen molar-refractivity contribution < 1.29 is 22.6 Å². The van der Waals surface area contributed by atoms with Crippen molar-refractivity contribution in [3.63, 3.8) is 0 Å². The average molecular weight is 504 g/mol. The number of aliphatic imine (C=N–C) groups is 1. The minimum absolute atomic E-state index is 0. The molecule has 0 radical (unpaired) electrons. The molecule has 0 unspecified atom stereocenters. The first kappa shape index (κ1) is 25.6. The number of alkyl halides is 3. The normalized spacial score (nSPS) is 11.8. The van der Waals surface area contributed by atoms with Crippen LogP contribution < -0.4 is 14.8 Å². The zero-order chi connectivity index (χ0) is 19.6. The molecule has 1 N–H and O–H groups in total. The van der Waals surface area contributed by atoms with Gasteiger partial charge in [0.25, 0.3) is 0 Å². The van der Waals surface area contributed by atoms with Crippen LogP contribution >= 0.6 is 24.0 Å². The third-order valence-corrected chi connectivity index (χ3v) is 3.55. The molecule has 6 nitrogen and oxygen atoms in total. The predicted molar refractivity (Wildman–Crippen MR) is 111 cm³/mol. The first-order valence-electron chi connectivity index (χ1n) is 8.19. The second kappa shape index (κ2) is 12.9. The number of rotatable bonds is 9. The zero-order valence-electron chi connectivity index (χ0n) is 16.0. The monoisotopic (exact) mass is 504 g/mol. The van der Waals surface area contributed by atoms with E-state index in [9.17, 15) is 13.2 Å². The highest BCUT2D eigenvalue weighted by molar-refractivity contribution is 14.0. The maximum atomic E-state index is 12.3. The number of hydrogen-bond acceptors (Lipinski definition) is 4. The van der Waals surface area contributed by atoms with E-state index in [0.29, 0.717) is 25.7 Å². The van der Waals surface area contributed by atoms with Gasteiger partial charge in [-0.25, -0.2) is 0 Å². The lowest BCUT2D eigenvalue weighted by Crippen LogP contribution is -2.44. The van der Waals surface area contributed by atoms with Crippen molar-refractivity contribution in [3.05, 3.63) is 24.3 Å². The van der Waals surface area contributed by atoms with Crippen LogP contribution in [0.15, 0.2) is 29.3 Å². The fraction of sp³-hybridized carbons (Fsp3) is 0.588. The van der Waals surface area contributed by atoms with Gasteiger partial charge in [0.1, 0.15) is 18.1 Å². The summed E-state index contributed by atoms with van der Waals surface area (Å²) in [5.74, 6) is 2.09. The van der Waals surface area contributed by atoms with Crippen molar-refractivity contribution in [1.29, 1.82) is 0 Å². The molecule has 0 atom stereocenters. The van der Waals surface area contributed by atoms with Gasteiger partial charge < -0.3 is 19.7 Å². The van der Waals surface area contributed by atoms with Gasteiger partial charge >= 0.3 is 6.18 Å². The van der Waals surface area contributed by atoms with Crippen molar-refractivity contribution in [2.24, 2.45) is 4.99 Å². The van der Waals surface area contributed by atoms with E-state index < -0.39 is 12.7 Å². The van der Waals surface area contributed by atoms with Crippen LogP contribution in [0.1, 0.15) is 0 Å². The predicted octanol–water partition coefficient (Wildman–Crippen LogP) is 2.69. The second-order valence-corrected chi connectivity index (χ2v) is 5.77. The molecule has 0 aliphatic heterocycles. The number of halogens is 4. The molecule has 1 aromatic carbocycles. The Kier molecular flexibility index (Phi) is 12.2. The van der Waals surface area contributed by atoms with Gasteiger partial charge in [0.2, 0.25) is 0 Å². The molecule has 0 saturated heterocycles. The van der Waals surface area contributed by atoms with E-state index >= 15 is 0 Å². The molecule has 0 heterocycles. The quantitative estimate of drug-likeness (QED) is 0.319. The summed E-state index contributed by atoms with van der Waals surface area (Å²) in [6.07, 6.45) is -4.19. The molecule has 0 aliphatic rings. The summed E-state index contributed by atoms with van der Waals surface area (Å²) in [5, 5.41) is 3.04. The summed E-state index contributed by atoms with van der Waals surface area (Å²) in [5.41, 5.74) is 0. The van der Waals surface area contributed by atoms with Crippen LogP contribution in [0.5, 0.6) is 11.5 Å². The maximum absolute atomic E-state index is 12.3. The summed E-state index contributed by atoms with van der Waals surface area (Å²) in [7, 11) is 6.50. The van der Waals surface area contributed by atoms with Gasteiger partial charge in [-0.1, -0.05) is 0 Å². The van der Waals surface area contributed by atoms with Crippen LogP contribution in [-0.4, -0.2) is 83.0 Å². The molecule has 1 aromatic rings. The molecule has 0 amide bonds. The average Bonchev–Trinajstić information content (AvgIpc) is 2.57. The molecule has 1 rings (SSSR count). The fourth-order valence-corrected chi connectivity index (χ4v) is 2.21. The SMILES string of the molecule is CN=C(NCCN(C)CC(F)(F)F)N(C)CCOc1ccc(OC)cc1.I. The van der Waals surface area contributed by atoms with Crippen LogP contribution in [0.2, 0.25) is 0 Å². The Labute approximate surface area is 175 Å². The van der Waals surface area contributed by atoms with E-state index in [-0.39, 0.29) is 30.5 Å². The number of benzene rings is 1. The largest absolute Gasteiger partial charge is 0.497 e. The highest BCUT2D eigenvalue weighted by Crippen LogP contribution is 2.17. The lowest BCUT2D eigenvalue weighted by Gasteiger charge is -2.24. The number of hydrogen-bond donors (Lipinski definition) is 1. The molecule has 0 spiro atoms. The van der Waals surface area contributed by atoms with E-state index in [0.717, 1.165) is 11.5 Å². The third-order valence-electron chi connectivity index (χ3n) is 3.55. The smallest absolute Gasteiger partial charge is 0.401 e. The van der Waals surface area contributed by atoms with E-state index in [4.69, 9.17) is 9.47 Å². The highest BCUT2D eigenvalue weighted by Gasteiger charge is 2.28. The summed E-state index contributed by atoms with van der Waals surface area (Å²) in [6.45, 7) is 0.706. The van der Waals surface area contributed by atoms with Crippen LogP contribution in [0.4, 0.5) is 13.2 Å². The summed E-state index contributed by atoms with van der Waals surface area (Å²) in [4.78, 5) is 7.20. The number of methoxy groups -OCH3 is 1. The summed E-state index contributed by atoms with van der Waals surface area (Å²) < 4.78 is 47.6. The van der Waals surface area contributed by atoms with Gasteiger partial charge in [0.15, 0.2) is 5.96 Å². The highest BCUT2D eigenvalue weighted by atomic mass is 127. The first-order chi connectivity index (χ1) is 12.2. The van der Waals surface area contributed by atoms with Gasteiger partial charge in [-0.15, -0.1) is 24.0 Å². The van der Waals surface area contributed by atoms with Crippen LogP contribution in [-0.2, 0) is 0 Å². The molecule has 156 valence electrons. The van der Waals surface area contributed by atoms with Crippen LogP contribution in [0.3, 0.4) is 0 Å². The fourth-order valence-electron chi connectivity index (χ4n) is 2.21. The Morgan fingerprint density at radius 3 is 2.22 bits per heavy atom. The lowest BCUT2D eigenvalue weighted by atomic mass is 10.3. The van der Waals surface area contributed by atoms with Crippen molar-refractivity contribution >= 4 is 29.9 Å². The first-order valence-corrected chi connectivity index (χ1v) is 8.19. The maximum Gasteiger partial charge on any atom is 0.401 e. The van der Waals surface area contributed by atoms with Gasteiger partial charge in [-0.3, -0.25) is 9.89 Å². The standard InChI is InChI=1S/C17H27F3N4O2.HI/c1-21-16(22-9-10-23(2)13-17(18,19)20)24(3)11-12-26-15-7-5-14(25-4)6-8-15;/h5-8H,9-13H2,1-4H3,(H,21,22);1H. The third kappa shape index (κ3) is 11.1. The molecule has 27 heavy (non-hydrogen) atoms. The van der Waals surface area contributed by atoms with E-state index in [2.05, 4.69) is 10.3 Å². The Hall–Kier alpha value is -1.43. The second-order valence-electron chi connectivity index (χ2n) is 5.77. The van der Waals surface area contributed by atoms with E-state index in [1.54, 1.807) is 14.2 Å². The van der Waals surface area contributed by atoms with Crippen molar-refractivity contribution in [2.75, 3.05) is 61.0 Å². The molecule has 0 aromatic heterocycles. The zero-order valence-corrected chi connectivity index (χ0v) is 18.4. The Balaban J connectivity index is 0.00000676. The minimum atomic E-state index is -4.19. The molecule has 0 fully saturated rings. The molecule has 10 heteroatoms. The van der Waals surface area contributed by atoms with E-state index in [1.807, 2.05) is 36.2 Å². The lowest BCUT2D eigenvalue weighted by molar-refractivity contribution is -0.142. The summed E-state index contributed by atoms with van der Waals surface area (Å²) >= 11 is 0. The van der Waals surface area contributed by atoms with Gasteiger partial charge in [-0.2, -0.15) is 13.2 Å². The van der Waals surface area contributed by atoms with Gasteiger partial charge in [0, 0.05) is 27.2 Å². The summed E-state index contributed by atoms with van der Waals surface area (Å²) in [6, 6.07) is 7.28. The molecule has 0 saturated carbocycles. The van der Waals surface area contributed by atoms with Gasteiger partial charge in [0.05, 0.1) is 20.2 Å². The van der Waals surface area contributed by atoms with Crippen LogP contribution in [0.25, 0.3) is 0 Å². The van der Waals surface area contributed by atoms with Crippen molar-refractivity contribution in [2.45, 2.75) is 6.18 Å². The molecule has 0 bridgehead atoms. The van der Waals surface area contributed by atoms with Crippen molar-refractivity contribution in [3.8, 4) is 11.5 Å². The molecular formula is C17H28F3IN4O2.